The second-order valence-corrected chi connectivity index (χ2v) is 7.91. The van der Waals surface area contributed by atoms with E-state index in [4.69, 9.17) is 0 Å². The maximum absolute atomic E-state index is 12.9. The number of hydrogen-bond acceptors (Lipinski definition) is 4. The van der Waals surface area contributed by atoms with E-state index in [1.54, 1.807) is 11.9 Å². The summed E-state index contributed by atoms with van der Waals surface area (Å²) in [5, 5.41) is 24.3. The average molecular weight is 449 g/mol. The third-order valence-electron chi connectivity index (χ3n) is 6.06. The molecule has 1 heterocycles. The normalized spacial score (nSPS) is 38.4. The van der Waals surface area contributed by atoms with Gasteiger partial charge in [-0.25, -0.2) is 4.79 Å². The van der Waals surface area contributed by atoms with Crippen molar-refractivity contribution in [3.05, 3.63) is 12.2 Å². The molecule has 2 amide bonds. The van der Waals surface area contributed by atoms with Gasteiger partial charge in [0.25, 0.3) is 0 Å². The summed E-state index contributed by atoms with van der Waals surface area (Å²) < 4.78 is 0. The molecule has 5 atom stereocenters. The van der Waals surface area contributed by atoms with Gasteiger partial charge in [0.1, 0.15) is 5.54 Å². The molecule has 7 nitrogen and oxygen atoms in total. The molecule has 144 valence electrons. The summed E-state index contributed by atoms with van der Waals surface area (Å²) >= 11 is 0. The molecule has 3 aliphatic rings. The van der Waals surface area contributed by atoms with Crippen molar-refractivity contribution in [3.8, 4) is 0 Å². The van der Waals surface area contributed by atoms with Gasteiger partial charge in [-0.15, -0.1) is 6.10 Å². The third-order valence-corrected chi connectivity index (χ3v) is 6.06. The number of hydrogen-bond donors (Lipinski definition) is 2. The molecule has 27 heavy (non-hydrogen) atoms. The minimum absolute atomic E-state index is 0. The number of carbonyl (C=O) groups is 3. The van der Waals surface area contributed by atoms with Crippen molar-refractivity contribution in [1.82, 2.24) is 10.2 Å². The Morgan fingerprint density at radius 1 is 1.30 bits per heavy atom. The predicted molar refractivity (Wildman–Crippen MR) is 91.9 cm³/mol. The summed E-state index contributed by atoms with van der Waals surface area (Å²) in [6, 6.07) is 0. The van der Waals surface area contributed by atoms with Crippen molar-refractivity contribution in [2.45, 2.75) is 56.6 Å². The molecular weight excluding hydrogens is 422 g/mol. The Morgan fingerprint density at radius 2 is 2.04 bits per heavy atom. The summed E-state index contributed by atoms with van der Waals surface area (Å²) in [6.45, 7) is 0.626. The van der Waals surface area contributed by atoms with Gasteiger partial charge in [0.2, 0.25) is 11.8 Å². The van der Waals surface area contributed by atoms with Crippen LogP contribution in [-0.4, -0.2) is 53.0 Å². The van der Waals surface area contributed by atoms with Crippen LogP contribution in [0.15, 0.2) is 12.2 Å². The molecular formula is C19H27N2O5Rb. The molecule has 0 aromatic heterocycles. The molecule has 0 aromatic rings. The van der Waals surface area contributed by atoms with Crippen LogP contribution in [0.25, 0.3) is 0 Å². The van der Waals surface area contributed by atoms with Gasteiger partial charge in [0.15, 0.2) is 0 Å². The van der Waals surface area contributed by atoms with E-state index >= 15 is 0 Å². The quantitative estimate of drug-likeness (QED) is 0.424. The number of rotatable bonds is 1. The van der Waals surface area contributed by atoms with E-state index in [2.05, 4.69) is 5.32 Å². The Morgan fingerprint density at radius 3 is 2.74 bits per heavy atom. The summed E-state index contributed by atoms with van der Waals surface area (Å²) in [7, 11) is 1.73. The molecule has 0 saturated heterocycles. The first kappa shape index (κ1) is 23.2. The fourth-order valence-corrected chi connectivity index (χ4v) is 4.26. The van der Waals surface area contributed by atoms with Crippen molar-refractivity contribution in [2.75, 3.05) is 13.6 Å². The SMILES string of the molecule is CN1CCCC/C=C\[C@@H]2C[C@@]2(C(=O)O)NC(=O)[C@@H]2C[C@@H]([O-])CC[C@H]2C1=O.[Rb+]. The van der Waals surface area contributed by atoms with E-state index in [0.717, 1.165) is 19.3 Å². The van der Waals surface area contributed by atoms with Gasteiger partial charge in [-0.2, -0.15) is 0 Å². The topological polar surface area (TPSA) is 110 Å². The molecule has 3 rings (SSSR count). The number of nitrogens with one attached hydrogen (secondary N) is 1. The van der Waals surface area contributed by atoms with E-state index < -0.39 is 35.4 Å². The third kappa shape index (κ3) is 5.10. The van der Waals surface area contributed by atoms with E-state index in [1.165, 1.54) is 0 Å². The molecule has 2 aliphatic carbocycles. The van der Waals surface area contributed by atoms with Crippen LogP contribution in [0.4, 0.5) is 0 Å². The zero-order valence-electron chi connectivity index (χ0n) is 16.1. The zero-order chi connectivity index (χ0) is 18.9. The Bertz CT molecular complexity index is 625. The first-order valence-electron chi connectivity index (χ1n) is 9.48. The predicted octanol–water partition coefficient (Wildman–Crippen LogP) is -2.71. The number of amides is 2. The van der Waals surface area contributed by atoms with Gasteiger partial charge >= 0.3 is 64.2 Å². The Balaban J connectivity index is 0.00000261. The minimum Gasteiger partial charge on any atom is -0.852 e. The molecule has 2 fully saturated rings. The van der Waals surface area contributed by atoms with Crippen LogP contribution in [-0.2, 0) is 14.4 Å². The van der Waals surface area contributed by atoms with Crippen LogP contribution in [0.1, 0.15) is 44.9 Å². The Kier molecular flexibility index (Phi) is 8.26. The molecule has 8 heteroatoms. The van der Waals surface area contributed by atoms with Gasteiger partial charge in [-0.05, 0) is 32.1 Å². The number of carboxylic acids is 1. The summed E-state index contributed by atoms with van der Waals surface area (Å²) in [5.41, 5.74) is -1.28. The molecule has 2 N–H and O–H groups in total. The fraction of sp³-hybridized carbons (Fsp3) is 0.737. The Labute approximate surface area is 208 Å². The molecule has 0 spiro atoms. The largest absolute Gasteiger partial charge is 1.00 e. The van der Waals surface area contributed by atoms with Gasteiger partial charge in [-0.3, -0.25) is 9.59 Å². The number of aliphatic carboxylic acids is 1. The van der Waals surface area contributed by atoms with Crippen LogP contribution in [0.2, 0.25) is 0 Å². The van der Waals surface area contributed by atoms with Gasteiger partial charge < -0.3 is 20.4 Å². The van der Waals surface area contributed by atoms with Crippen LogP contribution in [0, 0.1) is 17.8 Å². The monoisotopic (exact) mass is 448 g/mol. The maximum atomic E-state index is 12.9. The van der Waals surface area contributed by atoms with Gasteiger partial charge in [0.05, 0.1) is 0 Å². The second-order valence-electron chi connectivity index (χ2n) is 7.91. The average Bonchev–Trinajstić information content (AvgIpc) is 3.30. The molecule has 0 radical (unpaired) electrons. The molecule has 0 bridgehead atoms. The van der Waals surface area contributed by atoms with Crippen LogP contribution in [0.3, 0.4) is 0 Å². The minimum atomic E-state index is -1.28. The standard InChI is InChI=1S/C19H27N2O5.Rb/c1-21-9-5-3-2-4-6-12-11-19(12,18(25)26)20-16(23)15-10-13(22)7-8-14(15)17(21)24;/h4,6,12-15H,2-3,5,7-11H2,1H3,(H,20,23)(H,25,26);/q-1;+1/b6-4-;/t12-,13+,14-,15-,19-;/m1./s1. The number of fused-ring (bicyclic) bond motifs is 2. The smallest absolute Gasteiger partial charge is 0.852 e. The summed E-state index contributed by atoms with van der Waals surface area (Å²) in [6.07, 6.45) is 6.78. The van der Waals surface area contributed by atoms with E-state index in [9.17, 15) is 24.6 Å². The number of allylic oxidation sites excluding steroid dienone is 1. The first-order chi connectivity index (χ1) is 12.3. The van der Waals surface area contributed by atoms with Crippen LogP contribution >= 0.6 is 0 Å². The second kappa shape index (κ2) is 9.61. The van der Waals surface area contributed by atoms with Gasteiger partial charge in [0, 0.05) is 31.3 Å². The fourth-order valence-electron chi connectivity index (χ4n) is 4.26. The molecule has 1 aliphatic heterocycles. The van der Waals surface area contributed by atoms with Crippen LogP contribution in [0.5, 0.6) is 0 Å². The molecule has 2 saturated carbocycles. The van der Waals surface area contributed by atoms with Crippen molar-refractivity contribution >= 4 is 17.8 Å². The number of carbonyl (C=O) groups excluding carboxylic acids is 2. The molecule has 0 unspecified atom stereocenters. The van der Waals surface area contributed by atoms with Crippen molar-refractivity contribution in [3.63, 3.8) is 0 Å². The van der Waals surface area contributed by atoms with Crippen molar-refractivity contribution < 1.29 is 82.8 Å². The zero-order valence-corrected chi connectivity index (χ0v) is 21.1. The van der Waals surface area contributed by atoms with Gasteiger partial charge in [-0.1, -0.05) is 25.0 Å². The summed E-state index contributed by atoms with van der Waals surface area (Å²) in [5.74, 6) is -3.14. The van der Waals surface area contributed by atoms with Crippen molar-refractivity contribution in [1.29, 1.82) is 0 Å². The van der Waals surface area contributed by atoms with Crippen molar-refractivity contribution in [2.24, 2.45) is 17.8 Å². The van der Waals surface area contributed by atoms with E-state index in [0.29, 0.717) is 25.8 Å². The number of carboxylic acid groups (broad SMARTS) is 1. The molecule has 0 aromatic carbocycles. The van der Waals surface area contributed by atoms with E-state index in [1.807, 2.05) is 12.2 Å². The first-order valence-corrected chi connectivity index (χ1v) is 9.48. The van der Waals surface area contributed by atoms with E-state index in [-0.39, 0.29) is 76.4 Å². The number of nitrogens with zero attached hydrogens (tertiary/aromatic N) is 1. The summed E-state index contributed by atoms with van der Waals surface area (Å²) in [4.78, 5) is 39.1. The maximum Gasteiger partial charge on any atom is 1.00 e. The Hall–Kier alpha value is -0.0848. The van der Waals surface area contributed by atoms with Crippen LogP contribution < -0.4 is 68.6 Å².